The van der Waals surface area contributed by atoms with Crippen LogP contribution in [0, 0.1) is 17.2 Å². The number of rotatable bonds is 19. The fourth-order valence-corrected chi connectivity index (χ4v) is 4.81. The minimum atomic E-state index is -1.21. The van der Waals surface area contributed by atoms with E-state index in [1.165, 1.54) is 89.3 Å². The van der Waals surface area contributed by atoms with Crippen LogP contribution in [0.15, 0.2) is 17.1 Å². The maximum absolute atomic E-state index is 12.4. The minimum absolute atomic E-state index is 0.137. The number of aromatic nitrogens is 2. The number of anilines is 1. The van der Waals surface area contributed by atoms with Crippen molar-refractivity contribution in [2.45, 2.75) is 128 Å². The summed E-state index contributed by atoms with van der Waals surface area (Å²) in [6.07, 6.45) is 17.5. The third-order valence-electron chi connectivity index (χ3n) is 7.08. The average Bonchev–Trinajstić information content (AvgIpc) is 3.21. The summed E-state index contributed by atoms with van der Waals surface area (Å²) in [4.78, 5) is 28.5. The van der Waals surface area contributed by atoms with Crippen molar-refractivity contribution in [2.24, 2.45) is 5.92 Å². The molecule has 1 aromatic rings. The van der Waals surface area contributed by atoms with Crippen LogP contribution in [0.3, 0.4) is 0 Å². The lowest BCUT2D eigenvalue weighted by atomic mass is 10.0. The Hall–Kier alpha value is -2.28. The Morgan fingerprint density at radius 1 is 1.03 bits per heavy atom. The van der Waals surface area contributed by atoms with Crippen molar-refractivity contribution in [1.82, 2.24) is 9.55 Å². The maximum atomic E-state index is 12.4. The number of carbonyl (C=O) groups excluding carboxylic acids is 1. The Bertz CT molecular complexity index is 884. The van der Waals surface area contributed by atoms with Crippen molar-refractivity contribution in [1.29, 1.82) is 5.26 Å². The molecule has 0 radical (unpaired) electrons. The van der Waals surface area contributed by atoms with Crippen LogP contribution in [0.4, 0.5) is 5.82 Å². The molecule has 1 aromatic heterocycles. The molecule has 0 bridgehead atoms. The normalized spacial score (nSPS) is 21.1. The van der Waals surface area contributed by atoms with Crippen LogP contribution in [0.2, 0.25) is 0 Å². The second kappa shape index (κ2) is 18.1. The summed E-state index contributed by atoms with van der Waals surface area (Å²) in [7, 11) is 0. The Morgan fingerprint density at radius 2 is 1.57 bits per heavy atom. The summed E-state index contributed by atoms with van der Waals surface area (Å²) in [5.41, 5.74) is -0.708. The molecule has 1 saturated heterocycles. The van der Waals surface area contributed by atoms with Crippen LogP contribution in [0.5, 0.6) is 0 Å². The molecule has 208 valence electrons. The molecule has 3 N–H and O–H groups in total. The molecule has 4 atom stereocenters. The van der Waals surface area contributed by atoms with E-state index >= 15 is 0 Å². The molecule has 37 heavy (non-hydrogen) atoms. The highest BCUT2D eigenvalue weighted by Crippen LogP contribution is 2.33. The van der Waals surface area contributed by atoms with E-state index in [0.717, 1.165) is 23.8 Å². The lowest BCUT2D eigenvalue weighted by Gasteiger charge is -2.16. The van der Waals surface area contributed by atoms with Crippen molar-refractivity contribution in [3.05, 3.63) is 22.7 Å². The summed E-state index contributed by atoms with van der Waals surface area (Å²) in [6.45, 7) is 1.79. The highest BCUT2D eigenvalue weighted by Gasteiger charge is 2.45. The Balaban J connectivity index is 1.55. The molecule has 0 unspecified atom stereocenters. The first-order valence-electron chi connectivity index (χ1n) is 14.2. The first-order chi connectivity index (χ1) is 18.0. The number of hydrogen-bond donors (Lipinski definition) is 3. The fraction of sp³-hybridized carbons (Fsp3) is 0.786. The molecule has 9 heteroatoms. The van der Waals surface area contributed by atoms with Gasteiger partial charge in [0.1, 0.15) is 23.9 Å². The van der Waals surface area contributed by atoms with E-state index in [4.69, 9.17) is 4.74 Å². The summed E-state index contributed by atoms with van der Waals surface area (Å²) >= 11 is 0. The molecule has 0 spiro atoms. The molecular weight excluding hydrogens is 472 g/mol. The maximum Gasteiger partial charge on any atom is 0.351 e. The zero-order valence-corrected chi connectivity index (χ0v) is 22.4. The van der Waals surface area contributed by atoms with Gasteiger partial charge in [-0.2, -0.15) is 10.2 Å². The number of aliphatic hydroxyl groups excluding tert-OH is 2. The number of nitriles is 1. The fourth-order valence-electron chi connectivity index (χ4n) is 4.81. The molecule has 1 fully saturated rings. The second-order valence-electron chi connectivity index (χ2n) is 10.1. The molecular formula is C28H46N4O5. The third kappa shape index (κ3) is 10.9. The Kier molecular flexibility index (Phi) is 15.1. The molecule has 1 amide bonds. The number of aliphatic hydroxyl groups is 2. The van der Waals surface area contributed by atoms with Gasteiger partial charge in [-0.1, -0.05) is 96.8 Å². The molecule has 1 aliphatic rings. The summed E-state index contributed by atoms with van der Waals surface area (Å²) in [5, 5.41) is 31.3. The predicted molar refractivity (Wildman–Crippen MR) is 143 cm³/mol. The van der Waals surface area contributed by atoms with Crippen LogP contribution < -0.4 is 11.0 Å². The standard InChI is InChI=1S/C28H46N4O5/c1-2-3-4-5-6-7-8-9-10-11-12-13-14-15-16-17-25(34)30-24-18-19-32(28(36)31-24)27-22(20-29)26(35)23(21-33)37-27/h18-19,22-23,26-27,33,35H,2-17,21H2,1H3,(H,30,31,34,36)/t22-,23+,26-,27+/m0/s1. The first kappa shape index (κ1) is 30.9. The van der Waals surface area contributed by atoms with Gasteiger partial charge < -0.3 is 20.3 Å². The van der Waals surface area contributed by atoms with Gasteiger partial charge in [0.15, 0.2) is 6.23 Å². The number of amides is 1. The van der Waals surface area contributed by atoms with E-state index in [9.17, 15) is 25.1 Å². The van der Waals surface area contributed by atoms with Gasteiger partial charge in [-0.3, -0.25) is 9.36 Å². The lowest BCUT2D eigenvalue weighted by Crippen LogP contribution is -2.32. The van der Waals surface area contributed by atoms with Gasteiger partial charge in [-0.25, -0.2) is 4.79 Å². The molecule has 0 aromatic carbocycles. The zero-order valence-electron chi connectivity index (χ0n) is 22.4. The van der Waals surface area contributed by atoms with E-state index in [-0.39, 0.29) is 11.7 Å². The van der Waals surface area contributed by atoms with Gasteiger partial charge in [0, 0.05) is 12.6 Å². The van der Waals surface area contributed by atoms with Crippen molar-refractivity contribution in [3.8, 4) is 6.07 Å². The van der Waals surface area contributed by atoms with Crippen LogP contribution in [0.1, 0.15) is 116 Å². The van der Waals surface area contributed by atoms with Crippen molar-refractivity contribution < 1.29 is 19.7 Å². The largest absolute Gasteiger partial charge is 0.394 e. The van der Waals surface area contributed by atoms with E-state index in [1.807, 2.05) is 6.07 Å². The first-order valence-corrected chi connectivity index (χ1v) is 14.2. The molecule has 9 nitrogen and oxygen atoms in total. The van der Waals surface area contributed by atoms with E-state index in [0.29, 0.717) is 6.42 Å². The van der Waals surface area contributed by atoms with Crippen LogP contribution in [-0.4, -0.2) is 44.5 Å². The predicted octanol–water partition coefficient (Wildman–Crippen LogP) is 4.83. The highest BCUT2D eigenvalue weighted by molar-refractivity contribution is 5.89. The third-order valence-corrected chi connectivity index (χ3v) is 7.08. The SMILES string of the molecule is CCCCCCCCCCCCCCCCCC(=O)Nc1ccn([C@@H]2O[C@H](CO)[C@@H](O)[C@@H]2C#N)c(=O)n1. The average molecular weight is 519 g/mol. The van der Waals surface area contributed by atoms with Gasteiger partial charge in [-0.05, 0) is 12.5 Å². The van der Waals surface area contributed by atoms with Crippen LogP contribution in [0.25, 0.3) is 0 Å². The van der Waals surface area contributed by atoms with Crippen molar-refractivity contribution >= 4 is 11.7 Å². The summed E-state index contributed by atoms with van der Waals surface area (Å²) < 4.78 is 6.56. The number of unbranched alkanes of at least 4 members (excludes halogenated alkanes) is 14. The Morgan fingerprint density at radius 3 is 2.05 bits per heavy atom. The van der Waals surface area contributed by atoms with E-state index in [2.05, 4.69) is 17.2 Å². The Labute approximate surface area is 221 Å². The van der Waals surface area contributed by atoms with E-state index in [1.54, 1.807) is 0 Å². The number of carbonyl (C=O) groups is 1. The summed E-state index contributed by atoms with van der Waals surface area (Å²) in [6, 6.07) is 3.38. The minimum Gasteiger partial charge on any atom is -0.394 e. The van der Waals surface area contributed by atoms with Crippen molar-refractivity contribution in [2.75, 3.05) is 11.9 Å². The topological polar surface area (TPSA) is 137 Å². The van der Waals surface area contributed by atoms with Crippen LogP contribution >= 0.6 is 0 Å². The number of nitrogens with one attached hydrogen (secondary N) is 1. The molecule has 2 rings (SSSR count). The van der Waals surface area contributed by atoms with Gasteiger partial charge in [0.05, 0.1) is 12.7 Å². The van der Waals surface area contributed by atoms with Crippen LogP contribution in [-0.2, 0) is 9.53 Å². The molecule has 0 saturated carbocycles. The lowest BCUT2D eigenvalue weighted by molar-refractivity contribution is -0.116. The monoisotopic (exact) mass is 518 g/mol. The van der Waals surface area contributed by atoms with Gasteiger partial charge >= 0.3 is 5.69 Å². The molecule has 2 heterocycles. The van der Waals surface area contributed by atoms with Gasteiger partial charge in [-0.15, -0.1) is 0 Å². The number of nitrogens with zero attached hydrogens (tertiary/aromatic N) is 3. The molecule has 0 aliphatic carbocycles. The van der Waals surface area contributed by atoms with Gasteiger partial charge in [0.2, 0.25) is 5.91 Å². The number of ether oxygens (including phenoxy) is 1. The highest BCUT2D eigenvalue weighted by atomic mass is 16.5. The second-order valence-corrected chi connectivity index (χ2v) is 10.1. The zero-order chi connectivity index (χ0) is 26.9. The molecule has 1 aliphatic heterocycles. The number of hydrogen-bond acceptors (Lipinski definition) is 7. The van der Waals surface area contributed by atoms with Crippen molar-refractivity contribution in [3.63, 3.8) is 0 Å². The van der Waals surface area contributed by atoms with E-state index < -0.39 is 36.7 Å². The van der Waals surface area contributed by atoms with Gasteiger partial charge in [0.25, 0.3) is 0 Å². The summed E-state index contributed by atoms with van der Waals surface area (Å²) in [5.74, 6) is -1.07. The quantitative estimate of drug-likeness (QED) is 0.223. The smallest absolute Gasteiger partial charge is 0.351 e.